The van der Waals surface area contributed by atoms with Gasteiger partial charge in [-0.05, 0) is 48.3 Å². The molecular weight excluding hydrogens is 694 g/mol. The third kappa shape index (κ3) is 4.16. The minimum atomic E-state index is -2.35. The van der Waals surface area contributed by atoms with Crippen molar-refractivity contribution in [1.82, 2.24) is 4.98 Å². The first-order valence-electron chi connectivity index (χ1n) is 11.7. The molecular formula is C30H21IrNO4PS-. The van der Waals surface area contributed by atoms with Gasteiger partial charge in [-0.1, -0.05) is 77.9 Å². The third-order valence-electron chi connectivity index (χ3n) is 6.25. The Morgan fingerprint density at radius 1 is 0.947 bits per heavy atom. The number of aliphatic hydroxyl groups is 1. The fourth-order valence-electron chi connectivity index (χ4n) is 4.82. The predicted molar refractivity (Wildman–Crippen MR) is 151 cm³/mol. The summed E-state index contributed by atoms with van der Waals surface area (Å²) in [5, 5.41) is 14.4. The molecule has 2 aliphatic heterocycles. The van der Waals surface area contributed by atoms with Gasteiger partial charge in [-0.15, -0.1) is 5.39 Å². The van der Waals surface area contributed by atoms with Crippen molar-refractivity contribution < 1.29 is 39.5 Å². The first-order chi connectivity index (χ1) is 17.9. The molecule has 0 saturated heterocycles. The van der Waals surface area contributed by atoms with Gasteiger partial charge in [-0.25, -0.2) is 0 Å². The summed E-state index contributed by atoms with van der Waals surface area (Å²) < 4.78 is 12.9. The largest absolute Gasteiger partial charge is 0.512 e. The van der Waals surface area contributed by atoms with Crippen LogP contribution in [0.3, 0.4) is 0 Å². The Labute approximate surface area is 238 Å². The molecule has 0 saturated carbocycles. The fraction of sp³-hybridized carbons (Fsp3) is 0.0667. The summed E-state index contributed by atoms with van der Waals surface area (Å²) in [7, 11) is 0. The molecule has 1 atom stereocenters. The summed E-state index contributed by atoms with van der Waals surface area (Å²) in [6.45, 7) is 2.85. The number of ether oxygens (including phenoxy) is 2. The molecule has 0 amide bonds. The number of aromatic nitrogens is 1. The van der Waals surface area contributed by atoms with E-state index in [9.17, 15) is 4.79 Å². The molecule has 8 heteroatoms. The van der Waals surface area contributed by atoms with Crippen LogP contribution in [0.2, 0.25) is 0 Å². The molecule has 191 valence electrons. The topological polar surface area (TPSA) is 68.7 Å². The molecule has 4 aromatic carbocycles. The van der Waals surface area contributed by atoms with Crippen molar-refractivity contribution >= 4 is 61.2 Å². The van der Waals surface area contributed by atoms with Crippen LogP contribution >= 0.6 is 6.04 Å². The number of carbonyl (C=O) groups excluding carboxylic acids is 1. The summed E-state index contributed by atoms with van der Waals surface area (Å²) >= 11 is 6.53. The normalized spacial score (nSPS) is 16.4. The Kier molecular flexibility index (Phi) is 6.97. The van der Waals surface area contributed by atoms with Gasteiger partial charge in [0.25, 0.3) is 0 Å². The summed E-state index contributed by atoms with van der Waals surface area (Å²) in [5.41, 5.74) is 0.882. The molecule has 1 unspecified atom stereocenters. The number of hydrogen-bond acceptors (Lipinski definition) is 6. The number of carbonyl (C=O) groups is 1. The quantitative estimate of drug-likeness (QED) is 0.0720. The van der Waals surface area contributed by atoms with Crippen molar-refractivity contribution in [2.45, 2.75) is 13.8 Å². The van der Waals surface area contributed by atoms with Gasteiger partial charge < -0.3 is 19.6 Å². The van der Waals surface area contributed by atoms with Gasteiger partial charge in [-0.2, -0.15) is 0 Å². The average molecular weight is 715 g/mol. The van der Waals surface area contributed by atoms with E-state index in [2.05, 4.69) is 41.4 Å². The average Bonchev–Trinajstić information content (AvgIpc) is 2.88. The molecule has 7 rings (SSSR count). The molecule has 5 aromatic rings. The van der Waals surface area contributed by atoms with Crippen LogP contribution in [0.15, 0.2) is 90.8 Å². The second-order valence-electron chi connectivity index (χ2n) is 8.84. The van der Waals surface area contributed by atoms with E-state index in [0.29, 0.717) is 5.75 Å². The molecule has 5 nitrogen and oxygen atoms in total. The first kappa shape index (κ1) is 26.3. The molecule has 0 bridgehead atoms. The van der Waals surface area contributed by atoms with Gasteiger partial charge in [0, 0.05) is 49.0 Å². The molecule has 0 spiro atoms. The number of rotatable bonds is 1. The second-order valence-corrected chi connectivity index (χ2v) is 13.1. The number of allylic oxidation sites excluding steroid dienone is 2. The van der Waals surface area contributed by atoms with Crippen molar-refractivity contribution in [2.24, 2.45) is 0 Å². The minimum Gasteiger partial charge on any atom is -0.512 e. The van der Waals surface area contributed by atoms with Crippen LogP contribution in [-0.4, -0.2) is 15.9 Å². The van der Waals surface area contributed by atoms with E-state index in [1.54, 1.807) is 6.20 Å². The standard InChI is InChI=1S/C25H13NO2PS.C5H8O2.Ir/c30-29-21-9-3-1-7-18(21)27-20-14-17-16(12-11-15-6-5-13-26-23(15)17)24(25(20)29)28-19-8-2-4-10-22(19)29;1-4(6)3-5(2)7;/h1-13H;3,6H,1-2H3;/q-1;;/b;4-3-;. The Bertz CT molecular complexity index is 1820. The van der Waals surface area contributed by atoms with E-state index in [-0.39, 0.29) is 31.6 Å². The van der Waals surface area contributed by atoms with Crippen molar-refractivity contribution in [2.75, 3.05) is 0 Å². The zero-order valence-corrected chi connectivity index (χ0v) is 24.5. The van der Waals surface area contributed by atoms with Crippen LogP contribution in [0.5, 0.6) is 23.0 Å². The van der Waals surface area contributed by atoms with Crippen molar-refractivity contribution in [3.63, 3.8) is 0 Å². The van der Waals surface area contributed by atoms with E-state index >= 15 is 0 Å². The molecule has 1 aromatic heterocycles. The maximum Gasteiger partial charge on any atom is 0.155 e. The van der Waals surface area contributed by atoms with E-state index in [0.717, 1.165) is 54.8 Å². The van der Waals surface area contributed by atoms with Gasteiger partial charge in [0.05, 0.1) is 17.3 Å². The zero-order valence-electron chi connectivity index (χ0n) is 20.4. The van der Waals surface area contributed by atoms with Gasteiger partial charge >= 0.3 is 0 Å². The third-order valence-corrected chi connectivity index (χ3v) is 11.1. The Hall–Kier alpha value is -3.34. The van der Waals surface area contributed by atoms with Crippen molar-refractivity contribution in [1.29, 1.82) is 0 Å². The van der Waals surface area contributed by atoms with Gasteiger partial charge in [0.2, 0.25) is 0 Å². The molecule has 2 aliphatic rings. The van der Waals surface area contributed by atoms with E-state index in [1.807, 2.05) is 42.5 Å². The molecule has 0 fully saturated rings. The monoisotopic (exact) mass is 715 g/mol. The van der Waals surface area contributed by atoms with Crippen LogP contribution in [0.4, 0.5) is 0 Å². The van der Waals surface area contributed by atoms with Gasteiger partial charge in [0.15, 0.2) is 5.78 Å². The van der Waals surface area contributed by atoms with E-state index in [4.69, 9.17) is 26.4 Å². The maximum atomic E-state index is 10.0. The van der Waals surface area contributed by atoms with Gasteiger partial charge in [0.1, 0.15) is 11.5 Å². The van der Waals surface area contributed by atoms with E-state index in [1.165, 1.54) is 19.9 Å². The first-order valence-corrected chi connectivity index (χ1v) is 14.5. The predicted octanol–water partition coefficient (Wildman–Crippen LogP) is 6.19. The fourth-order valence-corrected chi connectivity index (χ4v) is 9.26. The molecule has 38 heavy (non-hydrogen) atoms. The number of para-hydroxylation sites is 2. The number of nitrogens with zero attached hydrogens (tertiary/aromatic N) is 1. The maximum absolute atomic E-state index is 10.0. The van der Waals surface area contributed by atoms with Crippen LogP contribution < -0.4 is 25.4 Å². The molecule has 0 aliphatic carbocycles. The second kappa shape index (κ2) is 10.1. The molecule has 1 radical (unpaired) electrons. The SMILES string of the molecule is CC(=O)/C=C(/C)O.S=P12c3ccccc3Oc3[c-]c4c(ccc5cccnc54)c(c31)Oc1ccccc12.[Ir]. The number of fused-ring (bicyclic) bond motifs is 8. The number of aliphatic hydroxyl groups excluding tert-OH is 1. The van der Waals surface area contributed by atoms with Crippen molar-refractivity contribution in [3.8, 4) is 23.0 Å². The smallest absolute Gasteiger partial charge is 0.155 e. The van der Waals surface area contributed by atoms with Crippen molar-refractivity contribution in [3.05, 3.63) is 96.9 Å². The number of benzene rings is 4. The molecule has 1 N–H and O–H groups in total. The number of pyridine rings is 1. The molecule has 3 heterocycles. The Morgan fingerprint density at radius 3 is 2.24 bits per heavy atom. The summed E-state index contributed by atoms with van der Waals surface area (Å²) in [5.74, 6) is 3.01. The number of hydrogen-bond donors (Lipinski definition) is 1. The summed E-state index contributed by atoms with van der Waals surface area (Å²) in [4.78, 5) is 14.6. The zero-order chi connectivity index (χ0) is 25.7. The Balaban J connectivity index is 0.000000329. The van der Waals surface area contributed by atoms with E-state index < -0.39 is 6.04 Å². The minimum absolute atomic E-state index is 0. The number of ketones is 1. The summed E-state index contributed by atoms with van der Waals surface area (Å²) in [6.07, 6.45) is 2.97. The van der Waals surface area contributed by atoms with Crippen LogP contribution in [0.1, 0.15) is 13.8 Å². The van der Waals surface area contributed by atoms with Crippen LogP contribution in [0.25, 0.3) is 21.7 Å². The van der Waals surface area contributed by atoms with Crippen LogP contribution in [-0.2, 0) is 36.7 Å². The van der Waals surface area contributed by atoms with Gasteiger partial charge in [-0.3, -0.25) is 4.79 Å². The Morgan fingerprint density at radius 2 is 1.61 bits per heavy atom. The van der Waals surface area contributed by atoms with Crippen LogP contribution in [0, 0.1) is 6.07 Å². The summed E-state index contributed by atoms with van der Waals surface area (Å²) in [6, 6.07) is 25.5.